The maximum absolute atomic E-state index is 5.72. The monoisotopic (exact) mass is 129 g/mol. The van der Waals surface area contributed by atoms with Crippen LogP contribution in [-0.4, -0.2) is 18.2 Å². The molecule has 0 aromatic heterocycles. The molecule has 1 rings (SSSR count). The predicted octanol–water partition coefficient (Wildman–Crippen LogP) is 0.901. The van der Waals surface area contributed by atoms with Crippen molar-refractivity contribution in [3.05, 3.63) is 0 Å². The van der Waals surface area contributed by atoms with E-state index in [0.717, 1.165) is 12.8 Å². The van der Waals surface area contributed by atoms with Crippen molar-refractivity contribution < 1.29 is 4.74 Å². The van der Waals surface area contributed by atoms with E-state index in [4.69, 9.17) is 10.5 Å². The van der Waals surface area contributed by atoms with Crippen molar-refractivity contribution in [2.24, 2.45) is 5.73 Å². The molecule has 1 saturated heterocycles. The molecule has 0 aromatic carbocycles. The highest BCUT2D eigenvalue weighted by atomic mass is 16.5. The number of hydrogen-bond acceptors (Lipinski definition) is 2. The zero-order valence-electron chi connectivity index (χ0n) is 6.13. The Morgan fingerprint density at radius 1 is 1.33 bits per heavy atom. The smallest absolute Gasteiger partial charge is 0.0701 e. The topological polar surface area (TPSA) is 35.2 Å². The normalized spacial score (nSPS) is 45.0. The Labute approximate surface area is 56.4 Å². The van der Waals surface area contributed by atoms with Crippen molar-refractivity contribution in [2.75, 3.05) is 0 Å². The molecule has 54 valence electrons. The molecule has 0 radical (unpaired) electrons. The molecule has 2 nitrogen and oxygen atoms in total. The Bertz CT molecular complexity index is 94.9. The van der Waals surface area contributed by atoms with Crippen LogP contribution < -0.4 is 5.73 Å². The maximum Gasteiger partial charge on any atom is 0.0701 e. The lowest BCUT2D eigenvalue weighted by Gasteiger charge is -2.30. The average Bonchev–Trinajstić information content (AvgIpc) is 1.80. The number of rotatable bonds is 0. The van der Waals surface area contributed by atoms with Gasteiger partial charge in [0.15, 0.2) is 0 Å². The summed E-state index contributed by atoms with van der Waals surface area (Å²) in [6, 6.07) is 0.265. The lowest BCUT2D eigenvalue weighted by Crippen LogP contribution is -2.41. The minimum Gasteiger partial charge on any atom is -0.374 e. The Balaban J connectivity index is 2.35. The summed E-state index contributed by atoms with van der Waals surface area (Å²) in [4.78, 5) is 0. The van der Waals surface area contributed by atoms with Crippen LogP contribution in [0.4, 0.5) is 0 Å². The summed E-state index contributed by atoms with van der Waals surface area (Å²) in [6.07, 6.45) is 2.90. The van der Waals surface area contributed by atoms with Gasteiger partial charge in [0.05, 0.1) is 12.2 Å². The second-order valence-electron chi connectivity index (χ2n) is 2.89. The molecule has 0 aromatic rings. The van der Waals surface area contributed by atoms with Crippen molar-refractivity contribution in [2.45, 2.75) is 44.9 Å². The highest BCUT2D eigenvalue weighted by Gasteiger charge is 2.21. The van der Waals surface area contributed by atoms with E-state index in [-0.39, 0.29) is 12.1 Å². The summed E-state index contributed by atoms with van der Waals surface area (Å²) < 4.78 is 5.47. The first-order chi connectivity index (χ1) is 4.20. The zero-order chi connectivity index (χ0) is 6.85. The van der Waals surface area contributed by atoms with Crippen molar-refractivity contribution in [3.63, 3.8) is 0 Å². The molecule has 1 heterocycles. The van der Waals surface area contributed by atoms with Gasteiger partial charge >= 0.3 is 0 Å². The molecule has 1 unspecified atom stereocenters. The van der Waals surface area contributed by atoms with Crippen LogP contribution in [0.5, 0.6) is 0 Å². The van der Waals surface area contributed by atoms with Gasteiger partial charge in [0.1, 0.15) is 0 Å². The van der Waals surface area contributed by atoms with E-state index in [1.807, 2.05) is 6.92 Å². The fourth-order valence-corrected chi connectivity index (χ4v) is 1.20. The molecule has 2 N–H and O–H groups in total. The number of hydrogen-bond donors (Lipinski definition) is 1. The molecular weight excluding hydrogens is 114 g/mol. The third-order valence-electron chi connectivity index (χ3n) is 1.96. The molecule has 3 atom stereocenters. The summed E-state index contributed by atoms with van der Waals surface area (Å²) in [5, 5.41) is 0. The van der Waals surface area contributed by atoms with Gasteiger partial charge in [-0.15, -0.1) is 0 Å². The van der Waals surface area contributed by atoms with E-state index in [2.05, 4.69) is 6.92 Å². The highest BCUT2D eigenvalue weighted by Crippen LogP contribution is 2.16. The summed E-state index contributed by atoms with van der Waals surface area (Å²) in [5.41, 5.74) is 5.72. The lowest BCUT2D eigenvalue weighted by atomic mass is 10.0. The van der Waals surface area contributed by atoms with Gasteiger partial charge in [-0.25, -0.2) is 0 Å². The Morgan fingerprint density at radius 2 is 2.00 bits per heavy atom. The summed E-state index contributed by atoms with van der Waals surface area (Å²) >= 11 is 0. The van der Waals surface area contributed by atoms with Gasteiger partial charge in [-0.1, -0.05) is 0 Å². The fourth-order valence-electron chi connectivity index (χ4n) is 1.20. The molecule has 0 spiro atoms. The highest BCUT2D eigenvalue weighted by molar-refractivity contribution is 4.76. The van der Waals surface area contributed by atoms with Gasteiger partial charge in [0.25, 0.3) is 0 Å². The first-order valence-corrected chi connectivity index (χ1v) is 3.61. The molecule has 1 aliphatic heterocycles. The molecule has 2 heteroatoms. The van der Waals surface area contributed by atoms with Crippen molar-refractivity contribution >= 4 is 0 Å². The third-order valence-corrected chi connectivity index (χ3v) is 1.96. The standard InChI is InChI=1S/C7H15NO/c1-5-3-4-7(8)6(2)9-5/h5-7H,3-4,8H2,1-2H3/t5-,6?,7+/m0/s1. The van der Waals surface area contributed by atoms with Crippen molar-refractivity contribution in [1.82, 2.24) is 0 Å². The molecule has 9 heavy (non-hydrogen) atoms. The Hall–Kier alpha value is -0.0800. The third kappa shape index (κ3) is 1.66. The molecule has 0 saturated carbocycles. The molecule has 1 fully saturated rings. The van der Waals surface area contributed by atoms with Gasteiger partial charge in [-0.3, -0.25) is 0 Å². The maximum atomic E-state index is 5.72. The van der Waals surface area contributed by atoms with Gasteiger partial charge in [0.2, 0.25) is 0 Å². The van der Waals surface area contributed by atoms with Crippen LogP contribution in [0.2, 0.25) is 0 Å². The lowest BCUT2D eigenvalue weighted by molar-refractivity contribution is -0.0410. The van der Waals surface area contributed by atoms with Crippen LogP contribution in [0.25, 0.3) is 0 Å². The average molecular weight is 129 g/mol. The van der Waals surface area contributed by atoms with Crippen molar-refractivity contribution in [3.8, 4) is 0 Å². The van der Waals surface area contributed by atoms with Gasteiger partial charge in [-0.2, -0.15) is 0 Å². The van der Waals surface area contributed by atoms with Crippen LogP contribution in [0, 0.1) is 0 Å². The first-order valence-electron chi connectivity index (χ1n) is 3.61. The molecule has 0 amide bonds. The van der Waals surface area contributed by atoms with E-state index in [0.29, 0.717) is 6.10 Å². The molecule has 0 aliphatic carbocycles. The SMILES string of the molecule is CC1O[C@@H](C)CC[C@H]1N. The van der Waals surface area contributed by atoms with Crippen LogP contribution in [0.1, 0.15) is 26.7 Å². The van der Waals surface area contributed by atoms with Crippen LogP contribution in [0.15, 0.2) is 0 Å². The van der Waals surface area contributed by atoms with E-state index < -0.39 is 0 Å². The quantitative estimate of drug-likeness (QED) is 0.527. The van der Waals surface area contributed by atoms with E-state index >= 15 is 0 Å². The number of nitrogens with two attached hydrogens (primary N) is 1. The van der Waals surface area contributed by atoms with Crippen molar-refractivity contribution in [1.29, 1.82) is 0 Å². The summed E-state index contributed by atoms with van der Waals surface area (Å²) in [6.45, 7) is 4.14. The molecular formula is C7H15NO. The fraction of sp³-hybridized carbons (Fsp3) is 1.00. The number of ether oxygens (including phenoxy) is 1. The van der Waals surface area contributed by atoms with Crippen LogP contribution in [-0.2, 0) is 4.74 Å². The molecule has 1 aliphatic rings. The summed E-state index contributed by atoms with van der Waals surface area (Å²) in [7, 11) is 0. The van der Waals surface area contributed by atoms with Gasteiger partial charge in [-0.05, 0) is 26.7 Å². The second kappa shape index (κ2) is 2.67. The largest absolute Gasteiger partial charge is 0.374 e. The first kappa shape index (κ1) is 7.03. The Kier molecular flexibility index (Phi) is 2.09. The minimum absolute atomic E-state index is 0.258. The second-order valence-corrected chi connectivity index (χ2v) is 2.89. The van der Waals surface area contributed by atoms with Gasteiger partial charge < -0.3 is 10.5 Å². The van der Waals surface area contributed by atoms with E-state index in [1.165, 1.54) is 0 Å². The Morgan fingerprint density at radius 3 is 2.44 bits per heavy atom. The van der Waals surface area contributed by atoms with E-state index in [9.17, 15) is 0 Å². The van der Waals surface area contributed by atoms with Crippen LogP contribution >= 0.6 is 0 Å². The van der Waals surface area contributed by atoms with Crippen LogP contribution in [0.3, 0.4) is 0 Å². The van der Waals surface area contributed by atoms with Gasteiger partial charge in [0, 0.05) is 6.04 Å². The molecule has 0 bridgehead atoms. The predicted molar refractivity (Wildman–Crippen MR) is 37.2 cm³/mol. The zero-order valence-corrected chi connectivity index (χ0v) is 6.13. The van der Waals surface area contributed by atoms with E-state index in [1.54, 1.807) is 0 Å². The minimum atomic E-state index is 0.258. The summed E-state index contributed by atoms with van der Waals surface area (Å²) in [5.74, 6) is 0.